The summed E-state index contributed by atoms with van der Waals surface area (Å²) in [5.41, 5.74) is 8.94. The minimum atomic E-state index is -0.487. The van der Waals surface area contributed by atoms with Crippen LogP contribution in [0.15, 0.2) is 72.0 Å². The molecule has 7 nitrogen and oxygen atoms in total. The quantitative estimate of drug-likeness (QED) is 0.578. The second-order valence-corrected chi connectivity index (χ2v) is 9.43. The maximum absolute atomic E-state index is 6.66. The molecule has 2 aliphatic rings. The van der Waals surface area contributed by atoms with Crippen molar-refractivity contribution in [3.8, 4) is 11.3 Å². The van der Waals surface area contributed by atoms with Crippen molar-refractivity contribution in [1.29, 1.82) is 0 Å². The Balaban J connectivity index is 1.38. The van der Waals surface area contributed by atoms with Gasteiger partial charge in [-0.25, -0.2) is 0 Å². The number of halogens is 1. The molecule has 1 aromatic carbocycles. The van der Waals surface area contributed by atoms with E-state index in [2.05, 4.69) is 9.97 Å². The van der Waals surface area contributed by atoms with E-state index in [1.165, 1.54) is 11.8 Å². The van der Waals surface area contributed by atoms with Gasteiger partial charge in [-0.3, -0.25) is 9.97 Å². The number of aromatic nitrogens is 2. The van der Waals surface area contributed by atoms with Gasteiger partial charge in [-0.1, -0.05) is 53.7 Å². The van der Waals surface area contributed by atoms with Crippen molar-refractivity contribution in [1.82, 2.24) is 9.97 Å². The molecular weight excluding hydrogens is 462 g/mol. The number of hydrogen-bond acceptors (Lipinski definition) is 8. The van der Waals surface area contributed by atoms with Gasteiger partial charge in [-0.05, 0) is 18.2 Å². The predicted octanol–water partition coefficient (Wildman–Crippen LogP) is 4.07. The zero-order chi connectivity index (χ0) is 22.8. The van der Waals surface area contributed by atoms with E-state index in [1.54, 1.807) is 25.7 Å². The molecule has 4 heterocycles. The predicted molar refractivity (Wildman–Crippen MR) is 126 cm³/mol. The van der Waals surface area contributed by atoms with Crippen LogP contribution < -0.4 is 5.73 Å². The van der Waals surface area contributed by atoms with Crippen LogP contribution in [0.5, 0.6) is 0 Å². The molecule has 0 radical (unpaired) electrons. The summed E-state index contributed by atoms with van der Waals surface area (Å²) in [4.78, 5) is 9.51. The molecule has 172 valence electrons. The summed E-state index contributed by atoms with van der Waals surface area (Å²) in [6, 6.07) is 15.1. The second kappa shape index (κ2) is 10.1. The van der Waals surface area contributed by atoms with Gasteiger partial charge in [0.2, 0.25) is 0 Å². The largest absolute Gasteiger partial charge is 0.376 e. The fourth-order valence-corrected chi connectivity index (χ4v) is 5.71. The van der Waals surface area contributed by atoms with Gasteiger partial charge >= 0.3 is 0 Å². The molecule has 2 aliphatic heterocycles. The number of fused-ring (bicyclic) bond motifs is 1. The Bertz CT molecular complexity index is 1080. The summed E-state index contributed by atoms with van der Waals surface area (Å²) < 4.78 is 24.4. The molecule has 0 bridgehead atoms. The summed E-state index contributed by atoms with van der Waals surface area (Å²) in [5, 5.41) is 0.539. The lowest BCUT2D eigenvalue weighted by atomic mass is 9.97. The first-order valence-electron chi connectivity index (χ1n) is 10.6. The Morgan fingerprint density at radius 1 is 1.12 bits per heavy atom. The average molecular weight is 486 g/mol. The van der Waals surface area contributed by atoms with E-state index < -0.39 is 23.9 Å². The van der Waals surface area contributed by atoms with E-state index in [0.29, 0.717) is 11.6 Å². The zero-order valence-corrected chi connectivity index (χ0v) is 19.5. The van der Waals surface area contributed by atoms with E-state index in [9.17, 15) is 0 Å². The van der Waals surface area contributed by atoms with Gasteiger partial charge in [-0.2, -0.15) is 0 Å². The van der Waals surface area contributed by atoms with Gasteiger partial charge in [0.05, 0.1) is 23.4 Å². The van der Waals surface area contributed by atoms with Crippen LogP contribution >= 0.6 is 23.4 Å². The van der Waals surface area contributed by atoms with Crippen molar-refractivity contribution >= 4 is 23.4 Å². The molecule has 0 spiro atoms. The second-order valence-electron chi connectivity index (χ2n) is 7.85. The highest BCUT2D eigenvalue weighted by molar-refractivity contribution is 8.00. The topological polar surface area (TPSA) is 88.7 Å². The average Bonchev–Trinajstić information content (AvgIpc) is 2.85. The first-order valence-corrected chi connectivity index (χ1v) is 11.9. The van der Waals surface area contributed by atoms with Gasteiger partial charge in [0, 0.05) is 41.7 Å². The molecule has 0 amide bonds. The normalized spacial score (nSPS) is 29.4. The van der Waals surface area contributed by atoms with Crippen LogP contribution in [0.1, 0.15) is 11.9 Å². The molecule has 0 saturated carbocycles. The van der Waals surface area contributed by atoms with Gasteiger partial charge in [0.25, 0.3) is 0 Å². The van der Waals surface area contributed by atoms with E-state index >= 15 is 0 Å². The molecule has 0 aliphatic carbocycles. The molecule has 2 fully saturated rings. The summed E-state index contributed by atoms with van der Waals surface area (Å²) in [6.45, 7) is 0.371. The molecule has 2 aromatic heterocycles. The number of nitrogens with two attached hydrogens (primary N) is 1. The lowest BCUT2D eigenvalue weighted by Gasteiger charge is -2.48. The Kier molecular flexibility index (Phi) is 6.94. The van der Waals surface area contributed by atoms with Crippen molar-refractivity contribution in [2.45, 2.75) is 41.0 Å². The first kappa shape index (κ1) is 22.7. The van der Waals surface area contributed by atoms with E-state index in [0.717, 1.165) is 21.7 Å². The fourth-order valence-electron chi connectivity index (χ4n) is 4.13. The molecular formula is C24H24ClN3O4S. The highest BCUT2D eigenvalue weighted by Crippen LogP contribution is 2.41. The molecule has 6 unspecified atom stereocenters. The third-order valence-electron chi connectivity index (χ3n) is 5.76. The van der Waals surface area contributed by atoms with Gasteiger partial charge < -0.3 is 24.7 Å². The third-order valence-corrected chi connectivity index (χ3v) is 7.14. The Morgan fingerprint density at radius 3 is 2.67 bits per heavy atom. The van der Waals surface area contributed by atoms with Crippen LogP contribution in [0.2, 0.25) is 5.02 Å². The van der Waals surface area contributed by atoms with Crippen LogP contribution in [0, 0.1) is 0 Å². The van der Waals surface area contributed by atoms with Crippen LogP contribution in [0.4, 0.5) is 0 Å². The van der Waals surface area contributed by atoms with Gasteiger partial charge in [0.15, 0.2) is 6.29 Å². The number of pyridine rings is 2. The van der Waals surface area contributed by atoms with E-state index in [-0.39, 0.29) is 12.2 Å². The molecule has 2 saturated heterocycles. The third kappa shape index (κ3) is 4.79. The number of methoxy groups -OCH3 is 1. The molecule has 33 heavy (non-hydrogen) atoms. The minimum Gasteiger partial charge on any atom is -0.376 e. The lowest BCUT2D eigenvalue weighted by Crippen LogP contribution is -2.64. The van der Waals surface area contributed by atoms with Crippen molar-refractivity contribution in [2.75, 3.05) is 13.7 Å². The molecule has 2 N–H and O–H groups in total. The maximum Gasteiger partial charge on any atom is 0.184 e. The molecule has 3 aromatic rings. The highest BCUT2D eigenvalue weighted by Gasteiger charge is 2.49. The van der Waals surface area contributed by atoms with Crippen molar-refractivity contribution in [3.63, 3.8) is 0 Å². The summed E-state index contributed by atoms with van der Waals surface area (Å²) in [5.74, 6) is 0. The zero-order valence-electron chi connectivity index (χ0n) is 17.9. The number of nitrogens with zero attached hydrogens (tertiary/aromatic N) is 2. The van der Waals surface area contributed by atoms with Crippen LogP contribution in [-0.2, 0) is 18.9 Å². The monoisotopic (exact) mass is 485 g/mol. The lowest BCUT2D eigenvalue weighted by molar-refractivity contribution is -0.298. The van der Waals surface area contributed by atoms with Crippen molar-refractivity contribution in [2.24, 2.45) is 5.73 Å². The van der Waals surface area contributed by atoms with Gasteiger partial charge in [-0.15, -0.1) is 0 Å². The summed E-state index contributed by atoms with van der Waals surface area (Å²) in [7, 11) is 1.63. The minimum absolute atomic E-state index is 0.319. The standard InChI is InChI=1S/C24H24ClN3O4S/c1-29-22-19(26)21-17(13-30-23(32-21)15-5-3-2-4-6-15)31-24(22)33-18-11-16(25)12-28-20(18)14-7-9-27-10-8-14/h2-12,17,19,21-24H,13,26H2,1H3. The Hall–Kier alpha value is -2.04. The van der Waals surface area contributed by atoms with Crippen LogP contribution in [0.3, 0.4) is 0 Å². The molecule has 6 atom stereocenters. The number of rotatable bonds is 5. The van der Waals surface area contributed by atoms with Crippen molar-refractivity contribution in [3.05, 3.63) is 77.7 Å². The first-order chi connectivity index (χ1) is 16.1. The maximum atomic E-state index is 6.66. The Morgan fingerprint density at radius 2 is 1.91 bits per heavy atom. The van der Waals surface area contributed by atoms with E-state index in [1.807, 2.05) is 48.5 Å². The fraction of sp³-hybridized carbons (Fsp3) is 0.333. The van der Waals surface area contributed by atoms with Gasteiger partial charge in [0.1, 0.15) is 23.7 Å². The number of thioether (sulfide) groups is 1. The number of ether oxygens (including phenoxy) is 4. The van der Waals surface area contributed by atoms with Crippen LogP contribution in [-0.4, -0.2) is 53.5 Å². The van der Waals surface area contributed by atoms with E-state index in [4.69, 9.17) is 36.3 Å². The molecule has 9 heteroatoms. The number of benzene rings is 1. The highest BCUT2D eigenvalue weighted by atomic mass is 35.5. The Labute approximate surface area is 201 Å². The SMILES string of the molecule is COC1C(Sc2cc(Cl)cnc2-c2ccncc2)OC2COC(c3ccccc3)OC2C1N. The summed E-state index contributed by atoms with van der Waals surface area (Å²) >= 11 is 7.76. The summed E-state index contributed by atoms with van der Waals surface area (Å²) in [6.07, 6.45) is 3.52. The van der Waals surface area contributed by atoms with Crippen LogP contribution in [0.25, 0.3) is 11.3 Å². The van der Waals surface area contributed by atoms with Crippen molar-refractivity contribution < 1.29 is 18.9 Å². The smallest absolute Gasteiger partial charge is 0.184 e. The number of hydrogen-bond donors (Lipinski definition) is 1. The molecule has 5 rings (SSSR count).